The highest BCUT2D eigenvalue weighted by Gasteiger charge is 2.16. The van der Waals surface area contributed by atoms with Crippen molar-refractivity contribution in [3.63, 3.8) is 0 Å². The second kappa shape index (κ2) is 8.45. The summed E-state index contributed by atoms with van der Waals surface area (Å²) < 4.78 is 38.3. The molecule has 0 fully saturated rings. The minimum atomic E-state index is -3.81. The van der Waals surface area contributed by atoms with Crippen LogP contribution in [-0.2, 0) is 14.8 Å². The number of hydrogen-bond donors (Lipinski definition) is 1. The Hall–Kier alpha value is -3.91. The molecule has 0 bridgehead atoms. The molecular formula is C23H18N2O5S. The van der Waals surface area contributed by atoms with Gasteiger partial charge in [-0.2, -0.15) is 0 Å². The summed E-state index contributed by atoms with van der Waals surface area (Å²) in [6.45, 7) is 0. The molecule has 1 N–H and O–H groups in total. The number of methoxy groups -OCH3 is 1. The van der Waals surface area contributed by atoms with Gasteiger partial charge in [-0.05, 0) is 48.5 Å². The number of esters is 1. The number of carbonyl (C=O) groups excluding carboxylic acids is 1. The van der Waals surface area contributed by atoms with Crippen LogP contribution in [0.4, 0.5) is 5.69 Å². The van der Waals surface area contributed by atoms with Crippen molar-refractivity contribution in [3.05, 3.63) is 90.6 Å². The zero-order chi connectivity index (χ0) is 21.8. The molecule has 31 heavy (non-hydrogen) atoms. The number of benzene rings is 3. The van der Waals surface area contributed by atoms with Crippen LogP contribution in [0.3, 0.4) is 0 Å². The highest BCUT2D eigenvalue weighted by Crippen LogP contribution is 2.27. The lowest BCUT2D eigenvalue weighted by Crippen LogP contribution is -2.13. The Balaban J connectivity index is 1.51. The van der Waals surface area contributed by atoms with E-state index in [-0.39, 0.29) is 4.90 Å². The van der Waals surface area contributed by atoms with E-state index in [4.69, 9.17) is 4.42 Å². The van der Waals surface area contributed by atoms with Gasteiger partial charge in [0.1, 0.15) is 0 Å². The monoisotopic (exact) mass is 434 g/mol. The Bertz CT molecular complexity index is 1300. The average Bonchev–Trinajstić information content (AvgIpc) is 3.30. The van der Waals surface area contributed by atoms with E-state index in [2.05, 4.69) is 14.4 Å². The van der Waals surface area contributed by atoms with Crippen LogP contribution in [0.5, 0.6) is 0 Å². The number of nitrogens with one attached hydrogen (secondary N) is 1. The maximum Gasteiger partial charge on any atom is 0.337 e. The van der Waals surface area contributed by atoms with Gasteiger partial charge in [0, 0.05) is 16.8 Å². The van der Waals surface area contributed by atoms with Crippen LogP contribution in [0, 0.1) is 0 Å². The van der Waals surface area contributed by atoms with Crippen LogP contribution < -0.4 is 4.72 Å². The van der Waals surface area contributed by atoms with Crippen LogP contribution in [0.25, 0.3) is 22.8 Å². The Morgan fingerprint density at radius 1 is 0.903 bits per heavy atom. The van der Waals surface area contributed by atoms with Gasteiger partial charge in [-0.15, -0.1) is 0 Å². The normalized spacial score (nSPS) is 11.1. The van der Waals surface area contributed by atoms with Gasteiger partial charge in [0.25, 0.3) is 10.0 Å². The van der Waals surface area contributed by atoms with Crippen molar-refractivity contribution in [1.29, 1.82) is 0 Å². The average molecular weight is 434 g/mol. The molecule has 0 aliphatic rings. The van der Waals surface area contributed by atoms with Crippen LogP contribution in [0.15, 0.2) is 94.4 Å². The number of carbonyl (C=O) groups is 1. The highest BCUT2D eigenvalue weighted by molar-refractivity contribution is 7.92. The molecule has 0 unspecified atom stereocenters. The fraction of sp³-hybridized carbons (Fsp3) is 0.0435. The SMILES string of the molecule is COC(=O)c1ccc(NS(=O)(=O)c2ccc(-c3ncc(-c4ccccc4)o3)cc2)cc1. The first kappa shape index (κ1) is 20.4. The van der Waals surface area contributed by atoms with Gasteiger partial charge < -0.3 is 9.15 Å². The van der Waals surface area contributed by atoms with Crippen LogP contribution in [-0.4, -0.2) is 26.5 Å². The molecule has 0 atom stereocenters. The van der Waals surface area contributed by atoms with Crippen LogP contribution >= 0.6 is 0 Å². The van der Waals surface area contributed by atoms with E-state index in [9.17, 15) is 13.2 Å². The van der Waals surface area contributed by atoms with Gasteiger partial charge in [0.05, 0.1) is 23.8 Å². The molecule has 4 rings (SSSR count). The molecule has 0 aliphatic carbocycles. The number of hydrogen-bond acceptors (Lipinski definition) is 6. The summed E-state index contributed by atoms with van der Waals surface area (Å²) in [6.07, 6.45) is 1.63. The first-order valence-corrected chi connectivity index (χ1v) is 10.8. The third kappa shape index (κ3) is 4.49. The third-order valence-electron chi connectivity index (χ3n) is 4.53. The Morgan fingerprint density at radius 2 is 1.58 bits per heavy atom. The second-order valence-corrected chi connectivity index (χ2v) is 8.28. The Morgan fingerprint density at radius 3 is 2.23 bits per heavy atom. The molecule has 7 nitrogen and oxygen atoms in total. The van der Waals surface area contributed by atoms with Crippen molar-refractivity contribution >= 4 is 21.7 Å². The summed E-state index contributed by atoms with van der Waals surface area (Å²) in [5.41, 5.74) is 2.22. The number of oxazole rings is 1. The van der Waals surface area contributed by atoms with Crippen molar-refractivity contribution in [2.24, 2.45) is 0 Å². The van der Waals surface area contributed by atoms with E-state index in [1.54, 1.807) is 18.3 Å². The zero-order valence-electron chi connectivity index (χ0n) is 16.5. The van der Waals surface area contributed by atoms with Gasteiger partial charge in [-0.25, -0.2) is 18.2 Å². The van der Waals surface area contributed by atoms with Gasteiger partial charge in [-0.1, -0.05) is 30.3 Å². The Kier molecular flexibility index (Phi) is 5.55. The number of sulfonamides is 1. The molecule has 1 aromatic heterocycles. The lowest BCUT2D eigenvalue weighted by atomic mass is 10.2. The van der Waals surface area contributed by atoms with E-state index >= 15 is 0 Å². The largest absolute Gasteiger partial charge is 0.465 e. The second-order valence-electron chi connectivity index (χ2n) is 6.59. The van der Waals surface area contributed by atoms with Crippen LogP contribution in [0.1, 0.15) is 10.4 Å². The smallest absolute Gasteiger partial charge is 0.337 e. The summed E-state index contributed by atoms with van der Waals surface area (Å²) in [7, 11) is -2.52. The number of rotatable bonds is 6. The molecular weight excluding hydrogens is 416 g/mol. The standard InChI is InChI=1S/C23H18N2O5S/c1-29-23(26)18-7-11-19(12-8-18)25-31(27,28)20-13-9-17(10-14-20)22-24-15-21(30-22)16-5-3-2-4-6-16/h2-15,25H,1H3. The maximum absolute atomic E-state index is 12.7. The number of ether oxygens (including phenoxy) is 1. The van der Waals surface area contributed by atoms with Crippen molar-refractivity contribution in [1.82, 2.24) is 4.98 Å². The summed E-state index contributed by atoms with van der Waals surface area (Å²) in [5, 5.41) is 0. The molecule has 0 radical (unpaired) electrons. The molecule has 4 aromatic rings. The molecule has 3 aromatic carbocycles. The van der Waals surface area contributed by atoms with Gasteiger partial charge in [0.15, 0.2) is 5.76 Å². The lowest BCUT2D eigenvalue weighted by Gasteiger charge is -2.09. The van der Waals surface area contributed by atoms with Crippen molar-refractivity contribution in [2.45, 2.75) is 4.90 Å². The minimum absolute atomic E-state index is 0.0862. The summed E-state index contributed by atoms with van der Waals surface area (Å²) >= 11 is 0. The van der Waals surface area contributed by atoms with Gasteiger partial charge in [0.2, 0.25) is 5.89 Å². The molecule has 0 spiro atoms. The Labute approximate surface area is 179 Å². The number of anilines is 1. The zero-order valence-corrected chi connectivity index (χ0v) is 17.3. The highest BCUT2D eigenvalue weighted by atomic mass is 32.2. The maximum atomic E-state index is 12.7. The van der Waals surface area contributed by atoms with E-state index in [1.165, 1.54) is 43.5 Å². The predicted octanol–water partition coefficient (Wildman–Crippen LogP) is 4.60. The van der Waals surface area contributed by atoms with Crippen molar-refractivity contribution in [3.8, 4) is 22.8 Å². The number of nitrogens with zero attached hydrogens (tertiary/aromatic N) is 1. The van der Waals surface area contributed by atoms with E-state index in [1.807, 2.05) is 30.3 Å². The molecule has 0 aliphatic heterocycles. The molecule has 0 saturated heterocycles. The minimum Gasteiger partial charge on any atom is -0.465 e. The topological polar surface area (TPSA) is 98.5 Å². The molecule has 0 amide bonds. The molecule has 8 heteroatoms. The molecule has 0 saturated carbocycles. The van der Waals surface area contributed by atoms with Gasteiger partial charge in [-0.3, -0.25) is 4.72 Å². The first-order chi connectivity index (χ1) is 15.0. The van der Waals surface area contributed by atoms with E-state index < -0.39 is 16.0 Å². The fourth-order valence-electron chi connectivity index (χ4n) is 2.93. The first-order valence-electron chi connectivity index (χ1n) is 9.29. The summed E-state index contributed by atoms with van der Waals surface area (Å²) in [4.78, 5) is 15.9. The lowest BCUT2D eigenvalue weighted by molar-refractivity contribution is 0.0600. The summed E-state index contributed by atoms with van der Waals surface area (Å²) in [5.74, 6) is 0.533. The van der Waals surface area contributed by atoms with Crippen molar-refractivity contribution < 1.29 is 22.4 Å². The van der Waals surface area contributed by atoms with E-state index in [0.29, 0.717) is 28.5 Å². The third-order valence-corrected chi connectivity index (χ3v) is 5.93. The number of aromatic nitrogens is 1. The quantitative estimate of drug-likeness (QED) is 0.446. The van der Waals surface area contributed by atoms with Crippen molar-refractivity contribution in [2.75, 3.05) is 11.8 Å². The fourth-order valence-corrected chi connectivity index (χ4v) is 3.99. The van der Waals surface area contributed by atoms with Gasteiger partial charge >= 0.3 is 5.97 Å². The van der Waals surface area contributed by atoms with Crippen LogP contribution in [0.2, 0.25) is 0 Å². The molecule has 156 valence electrons. The van der Waals surface area contributed by atoms with E-state index in [0.717, 1.165) is 5.56 Å². The summed E-state index contributed by atoms with van der Waals surface area (Å²) in [6, 6.07) is 21.8. The predicted molar refractivity (Wildman–Crippen MR) is 116 cm³/mol. The molecule has 1 heterocycles.